The van der Waals surface area contributed by atoms with Crippen LogP contribution in [0.5, 0.6) is 0 Å². The molecule has 0 radical (unpaired) electrons. The van der Waals surface area contributed by atoms with Crippen molar-refractivity contribution in [3.63, 3.8) is 0 Å². The van der Waals surface area contributed by atoms with Gasteiger partial charge in [0.05, 0.1) is 17.2 Å². The smallest absolute Gasteiger partial charge is 0.138 e. The molecule has 18 heavy (non-hydrogen) atoms. The normalized spacial score (nSPS) is 23.4. The quantitative estimate of drug-likeness (QED) is 0.771. The second-order valence-electron chi connectivity index (χ2n) is 4.83. The zero-order chi connectivity index (χ0) is 12.7. The van der Waals surface area contributed by atoms with Crippen LogP contribution in [0, 0.1) is 11.3 Å². The lowest BCUT2D eigenvalue weighted by molar-refractivity contribution is 0.0490. The molecular weight excluding hydrogens is 226 g/mol. The Bertz CT molecular complexity index is 638. The molecule has 3 rings (SSSR count). The number of fused-ring (bicyclic) bond motifs is 1. The molecule has 1 aliphatic rings. The van der Waals surface area contributed by atoms with Crippen molar-refractivity contribution < 1.29 is 4.74 Å². The third-order valence-electron chi connectivity index (χ3n) is 3.59. The van der Waals surface area contributed by atoms with E-state index in [-0.39, 0.29) is 6.10 Å². The summed E-state index contributed by atoms with van der Waals surface area (Å²) in [7, 11) is 1.98. The number of aromatic nitrogens is 2. The van der Waals surface area contributed by atoms with Crippen LogP contribution in [0.25, 0.3) is 11.0 Å². The number of aryl methyl sites for hydroxylation is 1. The Morgan fingerprint density at radius 2 is 2.28 bits per heavy atom. The van der Waals surface area contributed by atoms with Crippen LogP contribution in [0.4, 0.5) is 0 Å². The predicted molar refractivity (Wildman–Crippen MR) is 68.0 cm³/mol. The standard InChI is InChI=1S/C14H15N3O/c1-9-6-7-12(18-9)14-16-13-10(8-15)4-3-5-11(13)17(14)2/h3-5,9,12H,6-7H2,1-2H3. The van der Waals surface area contributed by atoms with Crippen LogP contribution < -0.4 is 0 Å². The third kappa shape index (κ3) is 1.59. The SMILES string of the molecule is CC1CCC(c2nc3c(C#N)cccc3n2C)O1. The van der Waals surface area contributed by atoms with Crippen molar-refractivity contribution >= 4 is 11.0 Å². The molecule has 0 N–H and O–H groups in total. The van der Waals surface area contributed by atoms with Crippen LogP contribution in [0.15, 0.2) is 18.2 Å². The first kappa shape index (κ1) is 11.2. The first-order valence-corrected chi connectivity index (χ1v) is 6.21. The number of benzene rings is 1. The van der Waals surface area contributed by atoms with E-state index in [1.807, 2.05) is 23.7 Å². The molecule has 0 aliphatic carbocycles. The summed E-state index contributed by atoms with van der Waals surface area (Å²) in [5, 5.41) is 9.11. The van der Waals surface area contributed by atoms with Gasteiger partial charge in [0.2, 0.25) is 0 Å². The molecule has 2 aromatic rings. The molecule has 1 aromatic heterocycles. The van der Waals surface area contributed by atoms with E-state index in [2.05, 4.69) is 18.0 Å². The number of rotatable bonds is 1. The number of imidazole rings is 1. The summed E-state index contributed by atoms with van der Waals surface area (Å²) < 4.78 is 7.91. The van der Waals surface area contributed by atoms with Gasteiger partial charge in [0.25, 0.3) is 0 Å². The lowest BCUT2D eigenvalue weighted by Crippen LogP contribution is -2.06. The van der Waals surface area contributed by atoms with E-state index in [1.165, 1.54) is 0 Å². The van der Waals surface area contributed by atoms with Gasteiger partial charge in [-0.25, -0.2) is 4.98 Å². The van der Waals surface area contributed by atoms with Crippen molar-refractivity contribution in [2.24, 2.45) is 7.05 Å². The maximum absolute atomic E-state index is 9.11. The van der Waals surface area contributed by atoms with Gasteiger partial charge in [-0.3, -0.25) is 0 Å². The lowest BCUT2D eigenvalue weighted by atomic mass is 10.2. The third-order valence-corrected chi connectivity index (χ3v) is 3.59. The Hall–Kier alpha value is -1.86. The van der Waals surface area contributed by atoms with Crippen LogP contribution in [0.3, 0.4) is 0 Å². The molecule has 0 spiro atoms. The second kappa shape index (κ2) is 4.11. The topological polar surface area (TPSA) is 50.8 Å². The molecule has 4 heteroatoms. The van der Waals surface area contributed by atoms with Crippen molar-refractivity contribution in [3.05, 3.63) is 29.6 Å². The number of nitriles is 1. The number of para-hydroxylation sites is 1. The van der Waals surface area contributed by atoms with Gasteiger partial charge in [-0.05, 0) is 31.9 Å². The highest BCUT2D eigenvalue weighted by atomic mass is 16.5. The van der Waals surface area contributed by atoms with E-state index in [0.29, 0.717) is 11.7 Å². The van der Waals surface area contributed by atoms with E-state index in [0.717, 1.165) is 29.7 Å². The first-order chi connectivity index (χ1) is 8.70. The van der Waals surface area contributed by atoms with Crippen LogP contribution in [0.2, 0.25) is 0 Å². The van der Waals surface area contributed by atoms with Gasteiger partial charge in [-0.1, -0.05) is 6.07 Å². The maximum atomic E-state index is 9.11. The summed E-state index contributed by atoms with van der Waals surface area (Å²) in [6.45, 7) is 2.09. The first-order valence-electron chi connectivity index (χ1n) is 6.21. The van der Waals surface area contributed by atoms with E-state index in [4.69, 9.17) is 10.00 Å². The Balaban J connectivity index is 2.14. The predicted octanol–water partition coefficient (Wildman–Crippen LogP) is 2.68. The Kier molecular flexibility index (Phi) is 2.57. The summed E-state index contributed by atoms with van der Waals surface area (Å²) in [5.41, 5.74) is 2.40. The molecule has 1 fully saturated rings. The summed E-state index contributed by atoms with van der Waals surface area (Å²) in [4.78, 5) is 4.61. The number of ether oxygens (including phenoxy) is 1. The van der Waals surface area contributed by atoms with Crippen LogP contribution in [-0.2, 0) is 11.8 Å². The van der Waals surface area contributed by atoms with Gasteiger partial charge in [-0.2, -0.15) is 5.26 Å². The largest absolute Gasteiger partial charge is 0.367 e. The highest BCUT2D eigenvalue weighted by molar-refractivity contribution is 5.82. The van der Waals surface area contributed by atoms with E-state index >= 15 is 0 Å². The average Bonchev–Trinajstić information content (AvgIpc) is 2.94. The fourth-order valence-corrected chi connectivity index (χ4v) is 2.60. The lowest BCUT2D eigenvalue weighted by Gasteiger charge is -2.10. The van der Waals surface area contributed by atoms with Crippen molar-refractivity contribution in [1.82, 2.24) is 9.55 Å². The maximum Gasteiger partial charge on any atom is 0.138 e. The number of hydrogen-bond donors (Lipinski definition) is 0. The minimum Gasteiger partial charge on any atom is -0.367 e. The van der Waals surface area contributed by atoms with Crippen molar-refractivity contribution in [2.45, 2.75) is 32.0 Å². The molecular formula is C14H15N3O. The van der Waals surface area contributed by atoms with Crippen LogP contribution in [-0.4, -0.2) is 15.7 Å². The molecule has 92 valence electrons. The molecule has 4 nitrogen and oxygen atoms in total. The minimum atomic E-state index is 0.0592. The fraction of sp³-hybridized carbons (Fsp3) is 0.429. The van der Waals surface area contributed by atoms with Gasteiger partial charge >= 0.3 is 0 Å². The molecule has 1 aromatic carbocycles. The van der Waals surface area contributed by atoms with E-state index in [1.54, 1.807) is 6.07 Å². The summed E-state index contributed by atoms with van der Waals surface area (Å²) in [6.07, 6.45) is 2.42. The van der Waals surface area contributed by atoms with Gasteiger partial charge in [0.1, 0.15) is 23.5 Å². The molecule has 0 bridgehead atoms. The molecule has 2 atom stereocenters. The zero-order valence-electron chi connectivity index (χ0n) is 10.6. The molecule has 0 amide bonds. The average molecular weight is 241 g/mol. The van der Waals surface area contributed by atoms with Crippen molar-refractivity contribution in [1.29, 1.82) is 5.26 Å². The second-order valence-corrected chi connectivity index (χ2v) is 4.83. The van der Waals surface area contributed by atoms with Gasteiger partial charge in [0, 0.05) is 7.05 Å². The summed E-state index contributed by atoms with van der Waals surface area (Å²) in [6, 6.07) is 7.88. The Morgan fingerprint density at radius 3 is 2.94 bits per heavy atom. The van der Waals surface area contributed by atoms with Crippen LogP contribution in [0.1, 0.15) is 37.3 Å². The summed E-state index contributed by atoms with van der Waals surface area (Å²) >= 11 is 0. The highest BCUT2D eigenvalue weighted by Crippen LogP contribution is 2.33. The van der Waals surface area contributed by atoms with Crippen LogP contribution >= 0.6 is 0 Å². The zero-order valence-corrected chi connectivity index (χ0v) is 10.6. The fourth-order valence-electron chi connectivity index (χ4n) is 2.60. The Labute approximate surface area is 106 Å². The van der Waals surface area contributed by atoms with Gasteiger partial charge in [-0.15, -0.1) is 0 Å². The van der Waals surface area contributed by atoms with Crippen molar-refractivity contribution in [3.8, 4) is 6.07 Å². The number of nitrogens with zero attached hydrogens (tertiary/aromatic N) is 3. The molecule has 1 saturated heterocycles. The molecule has 0 saturated carbocycles. The molecule has 1 aliphatic heterocycles. The van der Waals surface area contributed by atoms with Gasteiger partial charge < -0.3 is 9.30 Å². The van der Waals surface area contributed by atoms with Crippen molar-refractivity contribution in [2.75, 3.05) is 0 Å². The summed E-state index contributed by atoms with van der Waals surface area (Å²) in [5.74, 6) is 0.928. The van der Waals surface area contributed by atoms with E-state index in [9.17, 15) is 0 Å². The number of hydrogen-bond acceptors (Lipinski definition) is 3. The molecule has 2 heterocycles. The van der Waals surface area contributed by atoms with Gasteiger partial charge in [0.15, 0.2) is 0 Å². The molecule has 2 unspecified atom stereocenters. The highest BCUT2D eigenvalue weighted by Gasteiger charge is 2.27. The van der Waals surface area contributed by atoms with E-state index < -0.39 is 0 Å². The minimum absolute atomic E-state index is 0.0592. The Morgan fingerprint density at radius 1 is 1.44 bits per heavy atom. The monoisotopic (exact) mass is 241 g/mol.